The molecule has 0 radical (unpaired) electrons. The first-order valence-corrected chi connectivity index (χ1v) is 12.3. The van der Waals surface area contributed by atoms with E-state index < -0.39 is 60.0 Å². The van der Waals surface area contributed by atoms with Gasteiger partial charge in [-0.3, -0.25) is 0 Å². The molecule has 0 N–H and O–H groups in total. The zero-order chi connectivity index (χ0) is 21.9. The van der Waals surface area contributed by atoms with Gasteiger partial charge in [-0.2, -0.15) is 8.42 Å². The molecule has 1 unspecified atom stereocenters. The first-order valence-electron chi connectivity index (χ1n) is 9.67. The minimum atomic E-state index is -4.20. The minimum absolute atomic E-state index is 0.0392. The molecular formula is C19H26O9PS+. The number of benzene rings is 1. The first-order chi connectivity index (χ1) is 13.9. The van der Waals surface area contributed by atoms with Gasteiger partial charge in [0.15, 0.2) is 23.8 Å². The normalized spacial score (nSPS) is 36.6. The third-order valence-corrected chi connectivity index (χ3v) is 7.85. The molecule has 30 heavy (non-hydrogen) atoms. The zero-order valence-electron chi connectivity index (χ0n) is 17.4. The predicted molar refractivity (Wildman–Crippen MR) is 104 cm³/mol. The van der Waals surface area contributed by atoms with Crippen molar-refractivity contribution in [1.82, 2.24) is 0 Å². The van der Waals surface area contributed by atoms with Crippen LogP contribution in [0, 0.1) is 6.92 Å². The third kappa shape index (κ3) is 4.33. The standard InChI is InChI=1S/C19H26O9PS/c1-11-6-8-12(9-7-11)30(21,22)28-17-16-15(25-19(4,5)26-16)14(27-29(17)20)13-10-23-18(2,3)24-13/h6-9,13-17H,10H2,1-5H3/q+1/t13-,14-,15+,16+,17-/m1/s1. The van der Waals surface area contributed by atoms with Crippen LogP contribution in [0.2, 0.25) is 0 Å². The monoisotopic (exact) mass is 461 g/mol. The molecule has 11 heteroatoms. The van der Waals surface area contributed by atoms with Crippen LogP contribution in [0.25, 0.3) is 0 Å². The summed E-state index contributed by atoms with van der Waals surface area (Å²) < 4.78 is 72.9. The van der Waals surface area contributed by atoms with Crippen molar-refractivity contribution in [2.24, 2.45) is 0 Å². The highest BCUT2D eigenvalue weighted by Gasteiger charge is 2.66. The summed E-state index contributed by atoms with van der Waals surface area (Å²) in [5, 5.41) is 0. The first kappa shape index (κ1) is 22.2. The Kier molecular flexibility index (Phi) is 5.61. The smallest absolute Gasteiger partial charge is 0.348 e. The van der Waals surface area contributed by atoms with Crippen molar-refractivity contribution in [3.05, 3.63) is 29.8 Å². The van der Waals surface area contributed by atoms with Crippen LogP contribution in [0.5, 0.6) is 0 Å². The van der Waals surface area contributed by atoms with E-state index in [0.717, 1.165) is 5.56 Å². The maximum absolute atomic E-state index is 12.9. The maximum atomic E-state index is 12.9. The summed E-state index contributed by atoms with van der Waals surface area (Å²) in [6.45, 7) is 8.98. The van der Waals surface area contributed by atoms with Crippen molar-refractivity contribution in [2.45, 2.75) is 81.3 Å². The Morgan fingerprint density at radius 3 is 2.20 bits per heavy atom. The highest BCUT2D eigenvalue weighted by Crippen LogP contribution is 2.51. The molecule has 0 aliphatic carbocycles. The molecule has 9 nitrogen and oxygen atoms in total. The number of aryl methyl sites for hydroxylation is 1. The van der Waals surface area contributed by atoms with E-state index in [2.05, 4.69) is 0 Å². The van der Waals surface area contributed by atoms with Gasteiger partial charge >= 0.3 is 24.0 Å². The Bertz CT molecular complexity index is 928. The molecule has 3 heterocycles. The Morgan fingerprint density at radius 2 is 1.60 bits per heavy atom. The maximum Gasteiger partial charge on any atom is 0.545 e. The fourth-order valence-corrected chi connectivity index (χ4v) is 6.45. The highest BCUT2D eigenvalue weighted by molar-refractivity contribution is 7.87. The summed E-state index contributed by atoms with van der Waals surface area (Å²) in [4.78, 5) is -0.0392. The van der Waals surface area contributed by atoms with Crippen molar-refractivity contribution in [3.8, 4) is 0 Å². The van der Waals surface area contributed by atoms with Gasteiger partial charge < -0.3 is 18.9 Å². The molecule has 1 aromatic carbocycles. The zero-order valence-corrected chi connectivity index (χ0v) is 19.1. The number of hydrogen-bond acceptors (Lipinski definition) is 9. The van der Waals surface area contributed by atoms with E-state index in [0.29, 0.717) is 0 Å². The SMILES string of the molecule is Cc1ccc(S(=O)(=O)O[C@H]2[C@H]3OC(C)(C)O[C@H]3[C@@H]([C@H]3COC(C)(C)O3)O[P+]2=O)cc1. The van der Waals surface area contributed by atoms with Gasteiger partial charge in [-0.1, -0.05) is 17.7 Å². The molecule has 0 spiro atoms. The summed E-state index contributed by atoms with van der Waals surface area (Å²) in [6.07, 6.45) is -2.97. The Morgan fingerprint density at radius 1 is 0.967 bits per heavy atom. The van der Waals surface area contributed by atoms with E-state index in [4.69, 9.17) is 27.7 Å². The fourth-order valence-electron chi connectivity index (χ4n) is 3.79. The summed E-state index contributed by atoms with van der Waals surface area (Å²) in [7, 11) is -6.76. The lowest BCUT2D eigenvalue weighted by Crippen LogP contribution is -2.53. The summed E-state index contributed by atoms with van der Waals surface area (Å²) in [5.74, 6) is -3.21. The molecule has 0 bridgehead atoms. The molecule has 4 rings (SSSR count). The van der Waals surface area contributed by atoms with Gasteiger partial charge in [0.25, 0.3) is 0 Å². The van der Waals surface area contributed by atoms with Crippen LogP contribution in [0.1, 0.15) is 33.3 Å². The summed E-state index contributed by atoms with van der Waals surface area (Å²) in [5.41, 5.74) is 0.903. The molecule has 3 saturated heterocycles. The second-order valence-corrected chi connectivity index (χ2v) is 11.4. The Hall–Kier alpha value is -0.970. The van der Waals surface area contributed by atoms with E-state index in [9.17, 15) is 13.0 Å². The van der Waals surface area contributed by atoms with Gasteiger partial charge in [0.2, 0.25) is 0 Å². The number of ether oxygens (including phenoxy) is 4. The van der Waals surface area contributed by atoms with Crippen molar-refractivity contribution >= 4 is 18.1 Å². The van der Waals surface area contributed by atoms with E-state index in [1.54, 1.807) is 39.8 Å². The molecule has 3 fully saturated rings. The van der Waals surface area contributed by atoms with Gasteiger partial charge in [0, 0.05) is 0 Å². The lowest BCUT2D eigenvalue weighted by molar-refractivity contribution is -0.173. The minimum Gasteiger partial charge on any atom is -0.348 e. The van der Waals surface area contributed by atoms with Gasteiger partial charge in [-0.25, -0.2) is 4.18 Å². The Balaban J connectivity index is 1.60. The average molecular weight is 461 g/mol. The lowest BCUT2D eigenvalue weighted by atomic mass is 10.0. The molecule has 1 aromatic rings. The van der Waals surface area contributed by atoms with E-state index in [1.165, 1.54) is 12.1 Å². The molecule has 0 saturated carbocycles. The Labute approximate surface area is 176 Å². The molecular weight excluding hydrogens is 435 g/mol. The molecule has 0 amide bonds. The summed E-state index contributed by atoms with van der Waals surface area (Å²) >= 11 is 0. The van der Waals surface area contributed by atoms with Crippen LogP contribution in [0.3, 0.4) is 0 Å². The van der Waals surface area contributed by atoms with Gasteiger partial charge in [0.1, 0.15) is 12.2 Å². The van der Waals surface area contributed by atoms with Crippen LogP contribution in [0.4, 0.5) is 0 Å². The predicted octanol–water partition coefficient (Wildman–Crippen LogP) is 2.84. The fraction of sp³-hybridized carbons (Fsp3) is 0.684. The number of hydrogen-bond donors (Lipinski definition) is 0. The van der Waals surface area contributed by atoms with Crippen molar-refractivity contribution in [1.29, 1.82) is 0 Å². The van der Waals surface area contributed by atoms with Gasteiger partial charge in [-0.05, 0) is 51.3 Å². The molecule has 3 aliphatic heterocycles. The van der Waals surface area contributed by atoms with Crippen molar-refractivity contribution < 1.29 is 40.6 Å². The van der Waals surface area contributed by atoms with E-state index in [-0.39, 0.29) is 11.5 Å². The second-order valence-electron chi connectivity index (χ2n) is 8.54. The number of fused-ring (bicyclic) bond motifs is 1. The van der Waals surface area contributed by atoms with Crippen LogP contribution in [0.15, 0.2) is 29.2 Å². The van der Waals surface area contributed by atoms with Gasteiger partial charge in [0.05, 0.1) is 11.5 Å². The third-order valence-electron chi connectivity index (χ3n) is 5.13. The van der Waals surface area contributed by atoms with Gasteiger partial charge in [-0.15, -0.1) is 4.52 Å². The quantitative estimate of drug-likeness (QED) is 0.494. The van der Waals surface area contributed by atoms with E-state index >= 15 is 0 Å². The topological polar surface area (TPSA) is 107 Å². The van der Waals surface area contributed by atoms with Crippen LogP contribution >= 0.6 is 8.03 Å². The molecule has 166 valence electrons. The molecule has 3 aliphatic rings. The van der Waals surface area contributed by atoms with E-state index in [1.807, 2.05) is 6.92 Å². The largest absolute Gasteiger partial charge is 0.545 e. The molecule has 0 aromatic heterocycles. The van der Waals surface area contributed by atoms with Crippen LogP contribution in [-0.4, -0.2) is 56.9 Å². The second kappa shape index (κ2) is 7.56. The highest BCUT2D eigenvalue weighted by atomic mass is 32.2. The lowest BCUT2D eigenvalue weighted by Gasteiger charge is -2.31. The van der Waals surface area contributed by atoms with Crippen molar-refractivity contribution in [2.75, 3.05) is 6.61 Å². The van der Waals surface area contributed by atoms with Crippen LogP contribution < -0.4 is 0 Å². The average Bonchev–Trinajstić information content (AvgIpc) is 3.16. The van der Waals surface area contributed by atoms with Crippen LogP contribution in [-0.2, 0) is 42.3 Å². The molecule has 6 atom stereocenters. The number of rotatable bonds is 4. The van der Waals surface area contributed by atoms with Crippen molar-refractivity contribution in [3.63, 3.8) is 0 Å². The summed E-state index contributed by atoms with van der Waals surface area (Å²) in [6, 6.07) is 6.18.